The zero-order chi connectivity index (χ0) is 14.2. The molecule has 4 heteroatoms. The van der Waals surface area contributed by atoms with Crippen molar-refractivity contribution in [3.05, 3.63) is 34.9 Å². The van der Waals surface area contributed by atoms with Gasteiger partial charge < -0.3 is 10.0 Å². The van der Waals surface area contributed by atoms with E-state index in [9.17, 15) is 13.9 Å². The molecule has 1 saturated carbocycles. The fourth-order valence-electron chi connectivity index (χ4n) is 3.15. The molecule has 0 heterocycles. The van der Waals surface area contributed by atoms with Crippen LogP contribution in [0.15, 0.2) is 12.1 Å². The number of likely N-dealkylation sites (N-methyl/N-ethyl adjacent to an activating group) is 1. The summed E-state index contributed by atoms with van der Waals surface area (Å²) in [7, 11) is 3.72. The lowest BCUT2D eigenvalue weighted by Crippen LogP contribution is -2.47. The summed E-state index contributed by atoms with van der Waals surface area (Å²) in [4.78, 5) is 1.91. The van der Waals surface area contributed by atoms with Gasteiger partial charge in [-0.15, -0.1) is 0 Å². The molecule has 1 N–H and O–H groups in total. The van der Waals surface area contributed by atoms with Crippen molar-refractivity contribution in [3.8, 4) is 0 Å². The van der Waals surface area contributed by atoms with Crippen molar-refractivity contribution >= 4 is 0 Å². The summed E-state index contributed by atoms with van der Waals surface area (Å²) >= 11 is 0. The van der Waals surface area contributed by atoms with Crippen molar-refractivity contribution in [3.63, 3.8) is 0 Å². The lowest BCUT2D eigenvalue weighted by atomic mass is 9.84. The maximum absolute atomic E-state index is 14.2. The van der Waals surface area contributed by atoms with Gasteiger partial charge in [0, 0.05) is 0 Å². The van der Waals surface area contributed by atoms with Gasteiger partial charge in [-0.05, 0) is 45.5 Å². The minimum atomic E-state index is -1.13. The second-order valence-corrected chi connectivity index (χ2v) is 5.70. The van der Waals surface area contributed by atoms with E-state index in [0.717, 1.165) is 25.7 Å². The van der Waals surface area contributed by atoms with E-state index in [1.807, 2.05) is 19.0 Å². The highest BCUT2D eigenvalue weighted by Gasteiger charge is 2.45. The normalized spacial score (nSPS) is 19.9. The van der Waals surface area contributed by atoms with Gasteiger partial charge in [0.05, 0.1) is 11.1 Å². The summed E-state index contributed by atoms with van der Waals surface area (Å²) in [6, 6.07) is 2.63. The summed E-state index contributed by atoms with van der Waals surface area (Å²) in [5.41, 5.74) is -0.381. The Morgan fingerprint density at radius 2 is 1.79 bits per heavy atom. The number of hydrogen-bond donors (Lipinski definition) is 1. The van der Waals surface area contributed by atoms with Gasteiger partial charge in [0.2, 0.25) is 0 Å². The molecular formula is C15H21F2NO. The zero-order valence-electron chi connectivity index (χ0n) is 11.7. The number of aliphatic hydroxyl groups excluding tert-OH is 1. The molecule has 0 amide bonds. The Kier molecular flexibility index (Phi) is 3.92. The number of halogens is 2. The maximum Gasteiger partial charge on any atom is 0.134 e. The first-order valence-corrected chi connectivity index (χ1v) is 6.70. The number of aryl methyl sites for hydroxylation is 1. The first-order valence-electron chi connectivity index (χ1n) is 6.70. The monoisotopic (exact) mass is 269 g/mol. The van der Waals surface area contributed by atoms with Gasteiger partial charge in [-0.3, -0.25) is 0 Å². The molecule has 19 heavy (non-hydrogen) atoms. The van der Waals surface area contributed by atoms with E-state index in [2.05, 4.69) is 0 Å². The Morgan fingerprint density at radius 1 is 1.21 bits per heavy atom. The van der Waals surface area contributed by atoms with Crippen LogP contribution >= 0.6 is 0 Å². The quantitative estimate of drug-likeness (QED) is 0.911. The third kappa shape index (κ3) is 2.28. The standard InChI is InChI=1S/C15H21F2NO/c1-10-6-7-11(16)12(13(10)17)14(19)15(18(2)3)8-4-5-9-15/h6-7,14,19H,4-5,8-9H2,1-3H3. The molecule has 0 saturated heterocycles. The van der Waals surface area contributed by atoms with Crippen LogP contribution < -0.4 is 0 Å². The van der Waals surface area contributed by atoms with Crippen LogP contribution in [0.2, 0.25) is 0 Å². The fourth-order valence-corrected chi connectivity index (χ4v) is 3.15. The number of nitrogens with zero attached hydrogens (tertiary/aromatic N) is 1. The van der Waals surface area contributed by atoms with E-state index in [0.29, 0.717) is 5.56 Å². The van der Waals surface area contributed by atoms with Crippen LogP contribution in [-0.2, 0) is 0 Å². The maximum atomic E-state index is 14.2. The van der Waals surface area contributed by atoms with Gasteiger partial charge in [0.25, 0.3) is 0 Å². The first kappa shape index (κ1) is 14.4. The molecule has 2 rings (SSSR count). The highest BCUT2D eigenvalue weighted by atomic mass is 19.1. The van der Waals surface area contributed by atoms with E-state index in [-0.39, 0.29) is 5.56 Å². The molecule has 1 aliphatic carbocycles. The predicted octanol–water partition coefficient (Wildman–Crippen LogP) is 3.18. The number of benzene rings is 1. The van der Waals surface area contributed by atoms with Gasteiger partial charge in [0.1, 0.15) is 17.7 Å². The Balaban J connectivity index is 2.49. The zero-order valence-corrected chi connectivity index (χ0v) is 11.7. The molecule has 0 aliphatic heterocycles. The predicted molar refractivity (Wildman–Crippen MR) is 70.9 cm³/mol. The molecule has 0 spiro atoms. The SMILES string of the molecule is Cc1ccc(F)c(C(O)C2(N(C)C)CCCC2)c1F. The van der Waals surface area contributed by atoms with Crippen molar-refractivity contribution in [2.75, 3.05) is 14.1 Å². The minimum Gasteiger partial charge on any atom is -0.386 e. The Labute approximate surface area is 113 Å². The van der Waals surface area contributed by atoms with Crippen molar-refractivity contribution in [1.29, 1.82) is 0 Å². The van der Waals surface area contributed by atoms with E-state index in [1.54, 1.807) is 6.92 Å². The first-order chi connectivity index (χ1) is 8.90. The average Bonchev–Trinajstić information content (AvgIpc) is 2.85. The number of aliphatic hydroxyl groups is 1. The summed E-state index contributed by atoms with van der Waals surface area (Å²) in [6.45, 7) is 1.59. The molecule has 0 aromatic heterocycles. The van der Waals surface area contributed by atoms with Crippen LogP contribution in [0, 0.1) is 18.6 Å². The molecule has 1 aromatic carbocycles. The van der Waals surface area contributed by atoms with Crippen molar-refractivity contribution in [2.45, 2.75) is 44.2 Å². The Hall–Kier alpha value is -1.00. The van der Waals surface area contributed by atoms with E-state index in [1.165, 1.54) is 12.1 Å². The third-order valence-corrected chi connectivity index (χ3v) is 4.46. The second-order valence-electron chi connectivity index (χ2n) is 5.70. The van der Waals surface area contributed by atoms with E-state index in [4.69, 9.17) is 0 Å². The summed E-state index contributed by atoms with van der Waals surface area (Å²) in [5.74, 6) is -1.29. The summed E-state index contributed by atoms with van der Waals surface area (Å²) in [6.07, 6.45) is 2.33. The fraction of sp³-hybridized carbons (Fsp3) is 0.600. The van der Waals surface area contributed by atoms with Gasteiger partial charge >= 0.3 is 0 Å². The van der Waals surface area contributed by atoms with Crippen LogP contribution in [0.1, 0.15) is 42.9 Å². The summed E-state index contributed by atoms with van der Waals surface area (Å²) < 4.78 is 28.1. The Bertz CT molecular complexity index is 467. The number of hydrogen-bond acceptors (Lipinski definition) is 2. The molecule has 1 unspecified atom stereocenters. The van der Waals surface area contributed by atoms with Gasteiger partial charge in [-0.2, -0.15) is 0 Å². The van der Waals surface area contributed by atoms with Crippen LogP contribution in [0.4, 0.5) is 8.78 Å². The van der Waals surface area contributed by atoms with Crippen LogP contribution in [0.3, 0.4) is 0 Å². The lowest BCUT2D eigenvalue weighted by molar-refractivity contribution is -0.00890. The number of rotatable bonds is 3. The highest BCUT2D eigenvalue weighted by molar-refractivity contribution is 5.31. The smallest absolute Gasteiger partial charge is 0.134 e. The molecular weight excluding hydrogens is 248 g/mol. The lowest BCUT2D eigenvalue weighted by Gasteiger charge is -2.41. The molecule has 1 fully saturated rings. The van der Waals surface area contributed by atoms with Crippen LogP contribution in [0.5, 0.6) is 0 Å². The molecule has 0 radical (unpaired) electrons. The van der Waals surface area contributed by atoms with Gasteiger partial charge in [0.15, 0.2) is 0 Å². The van der Waals surface area contributed by atoms with Crippen molar-refractivity contribution < 1.29 is 13.9 Å². The van der Waals surface area contributed by atoms with Gasteiger partial charge in [-0.1, -0.05) is 18.9 Å². The molecule has 0 bridgehead atoms. The third-order valence-electron chi connectivity index (χ3n) is 4.46. The molecule has 1 atom stereocenters. The minimum absolute atomic E-state index is 0.185. The van der Waals surface area contributed by atoms with Crippen LogP contribution in [-0.4, -0.2) is 29.6 Å². The highest BCUT2D eigenvalue weighted by Crippen LogP contribution is 2.44. The van der Waals surface area contributed by atoms with Crippen molar-refractivity contribution in [2.24, 2.45) is 0 Å². The topological polar surface area (TPSA) is 23.5 Å². The average molecular weight is 269 g/mol. The van der Waals surface area contributed by atoms with Gasteiger partial charge in [-0.25, -0.2) is 8.78 Å². The summed E-state index contributed by atoms with van der Waals surface area (Å²) in [5, 5.41) is 10.6. The largest absolute Gasteiger partial charge is 0.386 e. The molecule has 2 nitrogen and oxygen atoms in total. The molecule has 106 valence electrons. The molecule has 1 aliphatic rings. The Morgan fingerprint density at radius 3 is 2.32 bits per heavy atom. The molecule has 1 aromatic rings. The second kappa shape index (κ2) is 5.17. The van der Waals surface area contributed by atoms with E-state index < -0.39 is 23.3 Å². The van der Waals surface area contributed by atoms with Crippen LogP contribution in [0.25, 0.3) is 0 Å². The van der Waals surface area contributed by atoms with Crippen molar-refractivity contribution in [1.82, 2.24) is 4.90 Å². The van der Waals surface area contributed by atoms with E-state index >= 15 is 0 Å².